The van der Waals surface area contributed by atoms with Gasteiger partial charge < -0.3 is 15.7 Å². The smallest absolute Gasteiger partial charge is 0.326 e. The van der Waals surface area contributed by atoms with Crippen LogP contribution in [0.2, 0.25) is 0 Å². The maximum Gasteiger partial charge on any atom is 0.326 e. The number of hydrogen-bond acceptors (Lipinski definition) is 3. The van der Waals surface area contributed by atoms with Crippen molar-refractivity contribution in [2.24, 2.45) is 5.92 Å². The molecule has 0 aliphatic rings. The SMILES string of the molecule is Cc1ccc(C[C@H](NC(=O)[C@H](C)CCc2ccccc2)C(=O)N[C@@H](Cc2ccccc2)C(=O)O)cc1. The van der Waals surface area contributed by atoms with Crippen molar-refractivity contribution in [3.63, 3.8) is 0 Å². The topological polar surface area (TPSA) is 95.5 Å². The highest BCUT2D eigenvalue weighted by Gasteiger charge is 2.28. The molecule has 0 fully saturated rings. The minimum absolute atomic E-state index is 0.153. The van der Waals surface area contributed by atoms with Gasteiger partial charge in [-0.05, 0) is 36.5 Å². The zero-order chi connectivity index (χ0) is 25.9. The second kappa shape index (κ2) is 13.2. The number of carbonyl (C=O) groups is 3. The number of amides is 2. The largest absolute Gasteiger partial charge is 0.480 e. The van der Waals surface area contributed by atoms with E-state index in [2.05, 4.69) is 10.6 Å². The third-order valence-corrected chi connectivity index (χ3v) is 6.25. The quantitative estimate of drug-likeness (QED) is 0.359. The fourth-order valence-electron chi connectivity index (χ4n) is 3.96. The molecule has 0 unspecified atom stereocenters. The number of benzene rings is 3. The fraction of sp³-hybridized carbons (Fsp3) is 0.300. The first-order valence-corrected chi connectivity index (χ1v) is 12.3. The van der Waals surface area contributed by atoms with Crippen LogP contribution in [-0.4, -0.2) is 35.0 Å². The fourth-order valence-corrected chi connectivity index (χ4v) is 3.96. The number of carboxylic acid groups (broad SMARTS) is 1. The maximum absolute atomic E-state index is 13.3. The third kappa shape index (κ3) is 8.38. The summed E-state index contributed by atoms with van der Waals surface area (Å²) in [5, 5.41) is 15.3. The van der Waals surface area contributed by atoms with Gasteiger partial charge >= 0.3 is 5.97 Å². The Kier molecular flexibility index (Phi) is 9.81. The second-order valence-corrected chi connectivity index (χ2v) is 9.27. The molecule has 6 nitrogen and oxygen atoms in total. The lowest BCUT2D eigenvalue weighted by Crippen LogP contribution is -2.53. The Morgan fingerprint density at radius 1 is 0.694 bits per heavy atom. The van der Waals surface area contributed by atoms with Gasteiger partial charge in [0.15, 0.2) is 0 Å². The summed E-state index contributed by atoms with van der Waals surface area (Å²) in [6.45, 7) is 3.82. The van der Waals surface area contributed by atoms with Crippen LogP contribution in [0.1, 0.15) is 35.6 Å². The average molecular weight is 487 g/mol. The van der Waals surface area contributed by atoms with Crippen molar-refractivity contribution in [3.8, 4) is 0 Å². The summed E-state index contributed by atoms with van der Waals surface area (Å²) in [5.74, 6) is -2.17. The molecule has 0 aliphatic carbocycles. The van der Waals surface area contributed by atoms with E-state index >= 15 is 0 Å². The summed E-state index contributed by atoms with van der Waals surface area (Å²) in [6.07, 6.45) is 1.81. The van der Waals surface area contributed by atoms with Gasteiger partial charge in [-0.1, -0.05) is 97.4 Å². The summed E-state index contributed by atoms with van der Waals surface area (Å²) in [4.78, 5) is 38.2. The van der Waals surface area contributed by atoms with E-state index in [0.717, 1.165) is 28.7 Å². The molecule has 0 heterocycles. The molecule has 3 rings (SSSR count). The first kappa shape index (κ1) is 26.7. The normalized spacial score (nSPS) is 13.3. The Morgan fingerprint density at radius 3 is 1.78 bits per heavy atom. The van der Waals surface area contributed by atoms with Gasteiger partial charge in [0.05, 0.1) is 0 Å². The van der Waals surface area contributed by atoms with E-state index in [9.17, 15) is 19.5 Å². The van der Waals surface area contributed by atoms with Crippen LogP contribution in [0.15, 0.2) is 84.9 Å². The molecular weight excluding hydrogens is 452 g/mol. The van der Waals surface area contributed by atoms with Gasteiger partial charge in [-0.25, -0.2) is 4.79 Å². The summed E-state index contributed by atoms with van der Waals surface area (Å²) < 4.78 is 0. The number of nitrogens with one attached hydrogen (secondary N) is 2. The van der Waals surface area contributed by atoms with Crippen LogP contribution in [0.25, 0.3) is 0 Å². The van der Waals surface area contributed by atoms with Gasteiger partial charge in [-0.3, -0.25) is 9.59 Å². The molecule has 0 spiro atoms. The molecule has 3 atom stereocenters. The Hall–Kier alpha value is -3.93. The summed E-state index contributed by atoms with van der Waals surface area (Å²) in [6, 6.07) is 24.8. The molecule has 6 heteroatoms. The van der Waals surface area contributed by atoms with Crippen molar-refractivity contribution in [2.45, 2.75) is 51.6 Å². The first-order valence-electron chi connectivity index (χ1n) is 12.3. The third-order valence-electron chi connectivity index (χ3n) is 6.25. The van der Waals surface area contributed by atoms with Crippen LogP contribution in [0, 0.1) is 12.8 Å². The molecule has 0 saturated heterocycles. The highest BCUT2D eigenvalue weighted by atomic mass is 16.4. The predicted octanol–water partition coefficient (Wildman–Crippen LogP) is 4.10. The van der Waals surface area contributed by atoms with Gasteiger partial charge in [0.25, 0.3) is 0 Å². The van der Waals surface area contributed by atoms with E-state index in [-0.39, 0.29) is 24.7 Å². The zero-order valence-electron chi connectivity index (χ0n) is 20.8. The standard InChI is InChI=1S/C30H34N2O4/c1-21-13-16-25(17-14-21)19-26(31-28(33)22(2)15-18-23-9-5-3-6-10-23)29(34)32-27(30(35)36)20-24-11-7-4-8-12-24/h3-14,16-17,22,26-27H,15,18-20H2,1-2H3,(H,31,33)(H,32,34)(H,35,36)/t22-,26+,27+/m1/s1. The Balaban J connectivity index is 1.70. The molecule has 3 aromatic rings. The maximum atomic E-state index is 13.3. The lowest BCUT2D eigenvalue weighted by Gasteiger charge is -2.23. The van der Waals surface area contributed by atoms with Gasteiger partial charge in [0, 0.05) is 18.8 Å². The van der Waals surface area contributed by atoms with Crippen molar-refractivity contribution >= 4 is 17.8 Å². The van der Waals surface area contributed by atoms with Crippen LogP contribution < -0.4 is 10.6 Å². The van der Waals surface area contributed by atoms with Crippen molar-refractivity contribution < 1.29 is 19.5 Å². The minimum atomic E-state index is -1.12. The predicted molar refractivity (Wildman–Crippen MR) is 140 cm³/mol. The van der Waals surface area contributed by atoms with Crippen LogP contribution in [-0.2, 0) is 33.6 Å². The van der Waals surface area contributed by atoms with Crippen molar-refractivity contribution in [1.29, 1.82) is 0 Å². The molecule has 0 bridgehead atoms. The van der Waals surface area contributed by atoms with Crippen LogP contribution in [0.5, 0.6) is 0 Å². The van der Waals surface area contributed by atoms with E-state index in [1.165, 1.54) is 0 Å². The van der Waals surface area contributed by atoms with Crippen molar-refractivity contribution in [3.05, 3.63) is 107 Å². The van der Waals surface area contributed by atoms with Gasteiger partial charge in [0.1, 0.15) is 12.1 Å². The lowest BCUT2D eigenvalue weighted by molar-refractivity contribution is -0.142. The second-order valence-electron chi connectivity index (χ2n) is 9.27. The number of hydrogen-bond donors (Lipinski definition) is 3. The number of aryl methyl sites for hydroxylation is 2. The summed E-state index contributed by atoms with van der Waals surface area (Å²) >= 11 is 0. The monoisotopic (exact) mass is 486 g/mol. The van der Waals surface area contributed by atoms with Gasteiger partial charge in [-0.15, -0.1) is 0 Å². The molecule has 2 amide bonds. The summed E-state index contributed by atoms with van der Waals surface area (Å²) in [7, 11) is 0. The number of aliphatic carboxylic acids is 1. The van der Waals surface area contributed by atoms with Gasteiger partial charge in [-0.2, -0.15) is 0 Å². The lowest BCUT2D eigenvalue weighted by atomic mass is 9.98. The van der Waals surface area contributed by atoms with E-state index in [1.54, 1.807) is 0 Å². The van der Waals surface area contributed by atoms with E-state index in [1.807, 2.05) is 98.8 Å². The Morgan fingerprint density at radius 2 is 1.19 bits per heavy atom. The number of rotatable bonds is 12. The molecule has 0 aromatic heterocycles. The summed E-state index contributed by atoms with van der Waals surface area (Å²) in [5.41, 5.74) is 3.93. The Bertz CT molecular complexity index is 1130. The van der Waals surface area contributed by atoms with E-state index in [0.29, 0.717) is 6.42 Å². The first-order chi connectivity index (χ1) is 17.3. The molecule has 36 heavy (non-hydrogen) atoms. The number of carbonyl (C=O) groups excluding carboxylic acids is 2. The van der Waals surface area contributed by atoms with Crippen LogP contribution in [0.3, 0.4) is 0 Å². The van der Waals surface area contributed by atoms with Crippen molar-refractivity contribution in [2.75, 3.05) is 0 Å². The van der Waals surface area contributed by atoms with Crippen molar-refractivity contribution in [1.82, 2.24) is 10.6 Å². The highest BCUT2D eigenvalue weighted by molar-refractivity contribution is 5.91. The number of carboxylic acids is 1. The minimum Gasteiger partial charge on any atom is -0.480 e. The average Bonchev–Trinajstić information content (AvgIpc) is 2.88. The Labute approximate surface area is 212 Å². The molecule has 0 saturated carbocycles. The van der Waals surface area contributed by atoms with Gasteiger partial charge in [0.2, 0.25) is 11.8 Å². The molecule has 3 aromatic carbocycles. The van der Waals surface area contributed by atoms with E-state index in [4.69, 9.17) is 0 Å². The van der Waals surface area contributed by atoms with Crippen LogP contribution >= 0.6 is 0 Å². The molecule has 0 radical (unpaired) electrons. The molecule has 3 N–H and O–H groups in total. The zero-order valence-corrected chi connectivity index (χ0v) is 20.8. The van der Waals surface area contributed by atoms with E-state index < -0.39 is 24.0 Å². The molecule has 188 valence electrons. The molecule has 0 aliphatic heterocycles. The van der Waals surface area contributed by atoms with Crippen LogP contribution in [0.4, 0.5) is 0 Å². The molecular formula is C30H34N2O4. The highest BCUT2D eigenvalue weighted by Crippen LogP contribution is 2.12.